The van der Waals surface area contributed by atoms with E-state index < -0.39 is 6.10 Å². The topological polar surface area (TPSA) is 39.6 Å². The van der Waals surface area contributed by atoms with Crippen LogP contribution in [0.1, 0.15) is 31.9 Å². The van der Waals surface area contributed by atoms with Crippen molar-refractivity contribution in [3.63, 3.8) is 0 Å². The number of hydrogen-bond acceptors (Lipinski definition) is 4. The Labute approximate surface area is 110 Å². The van der Waals surface area contributed by atoms with Gasteiger partial charge in [-0.15, -0.1) is 0 Å². The van der Waals surface area contributed by atoms with Gasteiger partial charge in [0.15, 0.2) is 0 Å². The van der Waals surface area contributed by atoms with Crippen LogP contribution in [0.5, 0.6) is 0 Å². The Morgan fingerprint density at radius 2 is 1.94 bits per heavy atom. The maximum atomic E-state index is 9.47. The molecule has 0 radical (unpaired) electrons. The van der Waals surface area contributed by atoms with E-state index in [1.165, 1.54) is 0 Å². The SMILES string of the molecule is CCCN(CCN(C)C)c1ccc([C@H](C)O)cn1. The van der Waals surface area contributed by atoms with Gasteiger partial charge in [-0.1, -0.05) is 13.0 Å². The van der Waals surface area contributed by atoms with E-state index in [1.807, 2.05) is 12.1 Å². The average molecular weight is 251 g/mol. The fourth-order valence-corrected chi connectivity index (χ4v) is 1.76. The minimum atomic E-state index is -0.451. The molecule has 0 spiro atoms. The number of rotatable bonds is 7. The molecule has 0 saturated carbocycles. The third kappa shape index (κ3) is 4.63. The van der Waals surface area contributed by atoms with Crippen molar-refractivity contribution in [2.75, 3.05) is 38.6 Å². The van der Waals surface area contributed by atoms with Crippen LogP contribution in [0.2, 0.25) is 0 Å². The average Bonchev–Trinajstić information content (AvgIpc) is 2.34. The summed E-state index contributed by atoms with van der Waals surface area (Å²) in [7, 11) is 4.15. The van der Waals surface area contributed by atoms with Gasteiger partial charge >= 0.3 is 0 Å². The number of pyridine rings is 1. The Kier molecular flexibility index (Phi) is 6.09. The maximum absolute atomic E-state index is 9.47. The monoisotopic (exact) mass is 251 g/mol. The van der Waals surface area contributed by atoms with Crippen molar-refractivity contribution in [1.82, 2.24) is 9.88 Å². The Balaban J connectivity index is 2.72. The Morgan fingerprint density at radius 3 is 2.39 bits per heavy atom. The summed E-state index contributed by atoms with van der Waals surface area (Å²) in [5.41, 5.74) is 0.864. The molecule has 1 aromatic rings. The molecule has 0 unspecified atom stereocenters. The maximum Gasteiger partial charge on any atom is 0.128 e. The number of anilines is 1. The van der Waals surface area contributed by atoms with Crippen LogP contribution in [-0.4, -0.2) is 48.7 Å². The summed E-state index contributed by atoms with van der Waals surface area (Å²) in [6.07, 6.45) is 2.42. The predicted molar refractivity (Wildman–Crippen MR) is 75.9 cm³/mol. The van der Waals surface area contributed by atoms with Crippen LogP contribution in [0.25, 0.3) is 0 Å². The van der Waals surface area contributed by atoms with E-state index in [1.54, 1.807) is 13.1 Å². The number of aliphatic hydroxyl groups excluding tert-OH is 1. The molecule has 1 N–H and O–H groups in total. The third-order valence-electron chi connectivity index (χ3n) is 2.89. The van der Waals surface area contributed by atoms with E-state index in [-0.39, 0.29) is 0 Å². The van der Waals surface area contributed by atoms with Crippen LogP contribution >= 0.6 is 0 Å². The molecule has 0 amide bonds. The van der Waals surface area contributed by atoms with E-state index in [0.29, 0.717) is 0 Å². The summed E-state index contributed by atoms with van der Waals surface area (Å²) in [4.78, 5) is 8.90. The molecule has 4 nitrogen and oxygen atoms in total. The van der Waals surface area contributed by atoms with Crippen molar-refractivity contribution in [3.05, 3.63) is 23.9 Å². The van der Waals surface area contributed by atoms with Gasteiger partial charge in [-0.3, -0.25) is 0 Å². The Hall–Kier alpha value is -1.13. The van der Waals surface area contributed by atoms with Crippen molar-refractivity contribution < 1.29 is 5.11 Å². The first kappa shape index (κ1) is 14.9. The van der Waals surface area contributed by atoms with Crippen molar-refractivity contribution in [3.8, 4) is 0 Å². The molecule has 0 bridgehead atoms. The molecule has 0 aromatic carbocycles. The van der Waals surface area contributed by atoms with Crippen LogP contribution in [0.3, 0.4) is 0 Å². The van der Waals surface area contributed by atoms with Gasteiger partial charge in [-0.25, -0.2) is 4.98 Å². The molecular weight excluding hydrogens is 226 g/mol. The highest BCUT2D eigenvalue weighted by Gasteiger charge is 2.08. The lowest BCUT2D eigenvalue weighted by Crippen LogP contribution is -2.32. The van der Waals surface area contributed by atoms with Crippen LogP contribution in [0, 0.1) is 0 Å². The molecule has 0 aliphatic rings. The number of likely N-dealkylation sites (N-methyl/N-ethyl adjacent to an activating group) is 1. The molecule has 1 aromatic heterocycles. The molecule has 18 heavy (non-hydrogen) atoms. The van der Waals surface area contributed by atoms with E-state index in [0.717, 1.165) is 37.4 Å². The normalized spacial score (nSPS) is 12.8. The van der Waals surface area contributed by atoms with Crippen molar-refractivity contribution in [2.45, 2.75) is 26.4 Å². The first-order valence-corrected chi connectivity index (χ1v) is 6.58. The molecular formula is C14H25N3O. The van der Waals surface area contributed by atoms with Crippen LogP contribution in [0.15, 0.2) is 18.3 Å². The van der Waals surface area contributed by atoms with Gasteiger partial charge in [0.25, 0.3) is 0 Å². The smallest absolute Gasteiger partial charge is 0.128 e. The second-order valence-corrected chi connectivity index (χ2v) is 4.92. The van der Waals surface area contributed by atoms with Gasteiger partial charge in [0.05, 0.1) is 6.10 Å². The van der Waals surface area contributed by atoms with E-state index in [4.69, 9.17) is 0 Å². The molecule has 1 rings (SSSR count). The molecule has 0 saturated heterocycles. The quantitative estimate of drug-likeness (QED) is 0.803. The molecule has 4 heteroatoms. The lowest BCUT2D eigenvalue weighted by atomic mass is 10.2. The number of nitrogens with zero attached hydrogens (tertiary/aromatic N) is 3. The van der Waals surface area contributed by atoms with Gasteiger partial charge in [-0.05, 0) is 39.1 Å². The molecule has 0 fully saturated rings. The van der Waals surface area contributed by atoms with Gasteiger partial charge in [0, 0.05) is 25.8 Å². The highest BCUT2D eigenvalue weighted by molar-refractivity contribution is 5.39. The summed E-state index contributed by atoms with van der Waals surface area (Å²) in [5.74, 6) is 0.989. The predicted octanol–water partition coefficient (Wildman–Crippen LogP) is 1.91. The van der Waals surface area contributed by atoms with E-state index >= 15 is 0 Å². The van der Waals surface area contributed by atoms with Gasteiger partial charge in [0.1, 0.15) is 5.82 Å². The minimum absolute atomic E-state index is 0.451. The molecule has 0 aliphatic heterocycles. The zero-order valence-electron chi connectivity index (χ0n) is 11.9. The first-order valence-electron chi connectivity index (χ1n) is 6.58. The Bertz CT molecular complexity index is 335. The number of aromatic nitrogens is 1. The van der Waals surface area contributed by atoms with Gasteiger partial charge < -0.3 is 14.9 Å². The fourth-order valence-electron chi connectivity index (χ4n) is 1.76. The van der Waals surface area contributed by atoms with Crippen LogP contribution in [-0.2, 0) is 0 Å². The van der Waals surface area contributed by atoms with Gasteiger partial charge in [-0.2, -0.15) is 0 Å². The zero-order chi connectivity index (χ0) is 13.5. The lowest BCUT2D eigenvalue weighted by molar-refractivity contribution is 0.199. The minimum Gasteiger partial charge on any atom is -0.389 e. The highest BCUT2D eigenvalue weighted by Crippen LogP contribution is 2.16. The number of aliphatic hydroxyl groups is 1. The summed E-state index contributed by atoms with van der Waals surface area (Å²) >= 11 is 0. The molecule has 1 heterocycles. The highest BCUT2D eigenvalue weighted by atomic mass is 16.3. The Morgan fingerprint density at radius 1 is 1.22 bits per heavy atom. The fraction of sp³-hybridized carbons (Fsp3) is 0.643. The molecule has 1 atom stereocenters. The summed E-state index contributed by atoms with van der Waals surface area (Å²) < 4.78 is 0. The zero-order valence-corrected chi connectivity index (χ0v) is 11.9. The second kappa shape index (κ2) is 7.34. The van der Waals surface area contributed by atoms with Crippen LogP contribution < -0.4 is 4.90 Å². The van der Waals surface area contributed by atoms with Crippen molar-refractivity contribution >= 4 is 5.82 Å². The standard InChI is InChI=1S/C14H25N3O/c1-5-8-17(10-9-16(3)4)14-7-6-13(11-15-14)12(2)18/h6-7,11-12,18H,5,8-10H2,1-4H3/t12-/m0/s1. The lowest BCUT2D eigenvalue weighted by Gasteiger charge is -2.25. The summed E-state index contributed by atoms with van der Waals surface area (Å²) in [6.45, 7) is 6.93. The largest absolute Gasteiger partial charge is 0.389 e. The van der Waals surface area contributed by atoms with Crippen molar-refractivity contribution in [2.24, 2.45) is 0 Å². The summed E-state index contributed by atoms with van der Waals surface area (Å²) in [6, 6.07) is 3.94. The van der Waals surface area contributed by atoms with Crippen LogP contribution in [0.4, 0.5) is 5.82 Å². The second-order valence-electron chi connectivity index (χ2n) is 4.92. The molecule has 0 aliphatic carbocycles. The van der Waals surface area contributed by atoms with E-state index in [9.17, 15) is 5.11 Å². The number of hydrogen-bond donors (Lipinski definition) is 1. The third-order valence-corrected chi connectivity index (χ3v) is 2.89. The first-order chi connectivity index (χ1) is 8.54. The van der Waals surface area contributed by atoms with E-state index in [2.05, 4.69) is 35.8 Å². The summed E-state index contributed by atoms with van der Waals surface area (Å²) in [5, 5.41) is 9.47. The van der Waals surface area contributed by atoms with Gasteiger partial charge in [0.2, 0.25) is 0 Å². The van der Waals surface area contributed by atoms with Crippen molar-refractivity contribution in [1.29, 1.82) is 0 Å². The molecule has 102 valence electrons.